The first-order valence-electron chi connectivity index (χ1n) is 11.3. The van der Waals surface area contributed by atoms with Gasteiger partial charge in [0.05, 0.1) is 26.0 Å². The summed E-state index contributed by atoms with van der Waals surface area (Å²) in [6.07, 6.45) is 1.45. The molecule has 1 aliphatic rings. The lowest BCUT2D eigenvalue weighted by Gasteiger charge is -2.31. The summed E-state index contributed by atoms with van der Waals surface area (Å²) in [5.74, 6) is -0.611. The summed E-state index contributed by atoms with van der Waals surface area (Å²) in [6, 6.07) is 13.3. The smallest absolute Gasteiger partial charge is 0.290 e. The third-order valence-electron chi connectivity index (χ3n) is 5.70. The quantitative estimate of drug-likeness (QED) is 0.440. The normalized spacial score (nSPS) is 14.1. The maximum Gasteiger partial charge on any atom is 0.290 e. The van der Waals surface area contributed by atoms with Crippen molar-refractivity contribution in [2.24, 2.45) is 0 Å². The number of nitrogens with zero attached hydrogens (tertiary/aromatic N) is 3. The molecule has 1 aliphatic heterocycles. The zero-order valence-electron chi connectivity index (χ0n) is 18.9. The molecule has 7 nitrogen and oxygen atoms in total. The highest BCUT2D eigenvalue weighted by Gasteiger charge is 2.25. The number of benzene rings is 1. The van der Waals surface area contributed by atoms with Gasteiger partial charge in [-0.1, -0.05) is 18.2 Å². The number of furan rings is 1. The molecule has 3 heterocycles. The van der Waals surface area contributed by atoms with E-state index < -0.39 is 0 Å². The molecule has 0 aliphatic carbocycles. The van der Waals surface area contributed by atoms with E-state index in [0.717, 1.165) is 23.5 Å². The molecule has 2 aromatic heterocycles. The number of carbonyl (C=O) groups is 2. The van der Waals surface area contributed by atoms with Gasteiger partial charge in [-0.3, -0.25) is 14.5 Å². The van der Waals surface area contributed by atoms with Gasteiger partial charge in [0.15, 0.2) is 5.76 Å². The number of ether oxygens (including phenoxy) is 1. The lowest BCUT2D eigenvalue weighted by atomic mass is 10.2. The van der Waals surface area contributed by atoms with E-state index >= 15 is 0 Å². The van der Waals surface area contributed by atoms with Crippen LogP contribution in [0.15, 0.2) is 64.6 Å². The minimum Gasteiger partial charge on any atom is -0.459 e. The second kappa shape index (κ2) is 11.9. The van der Waals surface area contributed by atoms with Gasteiger partial charge in [0.2, 0.25) is 5.91 Å². The van der Waals surface area contributed by atoms with Crippen LogP contribution in [-0.4, -0.2) is 72.5 Å². The Morgan fingerprint density at radius 2 is 1.79 bits per heavy atom. The van der Waals surface area contributed by atoms with Crippen molar-refractivity contribution >= 4 is 23.2 Å². The van der Waals surface area contributed by atoms with Crippen molar-refractivity contribution in [3.05, 3.63) is 82.2 Å². The summed E-state index contributed by atoms with van der Waals surface area (Å²) >= 11 is 1.57. The van der Waals surface area contributed by atoms with Crippen molar-refractivity contribution in [3.8, 4) is 0 Å². The molecular formula is C25H28FN3O4S. The highest BCUT2D eigenvalue weighted by Crippen LogP contribution is 2.16. The molecule has 180 valence electrons. The van der Waals surface area contributed by atoms with E-state index in [-0.39, 0.29) is 29.9 Å². The van der Waals surface area contributed by atoms with Gasteiger partial charge in [0.25, 0.3) is 5.91 Å². The monoisotopic (exact) mass is 485 g/mol. The summed E-state index contributed by atoms with van der Waals surface area (Å²) in [5.41, 5.74) is 0.823. The Morgan fingerprint density at radius 1 is 1.00 bits per heavy atom. The van der Waals surface area contributed by atoms with Gasteiger partial charge in [-0.15, -0.1) is 11.3 Å². The molecular weight excluding hydrogens is 457 g/mol. The number of halogens is 1. The maximum absolute atomic E-state index is 13.5. The van der Waals surface area contributed by atoms with Gasteiger partial charge in [-0.25, -0.2) is 4.39 Å². The minimum atomic E-state index is -0.321. The fraction of sp³-hybridized carbons (Fsp3) is 0.360. The summed E-state index contributed by atoms with van der Waals surface area (Å²) in [5, 5.41) is 1.96. The summed E-state index contributed by atoms with van der Waals surface area (Å²) < 4.78 is 24.1. The van der Waals surface area contributed by atoms with E-state index in [2.05, 4.69) is 4.90 Å². The Bertz CT molecular complexity index is 1030. The zero-order chi connectivity index (χ0) is 23.8. The van der Waals surface area contributed by atoms with Crippen LogP contribution in [0.2, 0.25) is 0 Å². The average molecular weight is 486 g/mol. The Kier molecular flexibility index (Phi) is 8.46. The van der Waals surface area contributed by atoms with Crippen LogP contribution in [0.5, 0.6) is 0 Å². The Morgan fingerprint density at radius 3 is 2.47 bits per heavy atom. The van der Waals surface area contributed by atoms with Crippen LogP contribution in [0, 0.1) is 5.82 Å². The molecule has 3 aromatic rings. The molecule has 0 spiro atoms. The van der Waals surface area contributed by atoms with E-state index in [1.165, 1.54) is 18.4 Å². The van der Waals surface area contributed by atoms with Crippen molar-refractivity contribution < 1.29 is 23.1 Å². The lowest BCUT2D eigenvalue weighted by molar-refractivity contribution is -0.133. The van der Waals surface area contributed by atoms with E-state index in [0.29, 0.717) is 39.4 Å². The molecule has 1 aromatic carbocycles. The van der Waals surface area contributed by atoms with Crippen molar-refractivity contribution in [2.75, 3.05) is 45.9 Å². The summed E-state index contributed by atoms with van der Waals surface area (Å²) in [6.45, 7) is 4.63. The topological polar surface area (TPSA) is 66.2 Å². The Hall–Kier alpha value is -3.01. The molecule has 0 N–H and O–H groups in total. The second-order valence-electron chi connectivity index (χ2n) is 8.11. The average Bonchev–Trinajstić information content (AvgIpc) is 3.57. The van der Waals surface area contributed by atoms with Gasteiger partial charge in [0, 0.05) is 37.6 Å². The Labute approximate surface area is 202 Å². The van der Waals surface area contributed by atoms with Crippen LogP contribution in [0.4, 0.5) is 4.39 Å². The highest BCUT2D eigenvalue weighted by molar-refractivity contribution is 7.09. The molecule has 1 saturated heterocycles. The molecule has 2 amide bonds. The predicted molar refractivity (Wildman–Crippen MR) is 127 cm³/mol. The van der Waals surface area contributed by atoms with Crippen LogP contribution >= 0.6 is 11.3 Å². The van der Waals surface area contributed by atoms with Crippen molar-refractivity contribution in [2.45, 2.75) is 13.1 Å². The number of hydrogen-bond acceptors (Lipinski definition) is 6. The van der Waals surface area contributed by atoms with Gasteiger partial charge in [0.1, 0.15) is 12.4 Å². The van der Waals surface area contributed by atoms with Crippen LogP contribution in [0.1, 0.15) is 21.0 Å². The number of morpholine rings is 1. The fourth-order valence-electron chi connectivity index (χ4n) is 3.79. The molecule has 0 atom stereocenters. The molecule has 4 rings (SSSR count). The predicted octanol–water partition coefficient (Wildman–Crippen LogP) is 3.48. The van der Waals surface area contributed by atoms with Crippen molar-refractivity contribution in [1.29, 1.82) is 0 Å². The van der Waals surface area contributed by atoms with Crippen LogP contribution in [-0.2, 0) is 22.6 Å². The fourth-order valence-corrected chi connectivity index (χ4v) is 4.51. The maximum atomic E-state index is 13.5. The summed E-state index contributed by atoms with van der Waals surface area (Å²) in [4.78, 5) is 33.1. The van der Waals surface area contributed by atoms with Crippen molar-refractivity contribution in [1.82, 2.24) is 14.7 Å². The Balaban J connectivity index is 1.48. The molecule has 9 heteroatoms. The number of carbonyl (C=O) groups excluding carboxylic acids is 2. The van der Waals surface area contributed by atoms with Crippen LogP contribution in [0.3, 0.4) is 0 Å². The zero-order valence-corrected chi connectivity index (χ0v) is 19.7. The van der Waals surface area contributed by atoms with E-state index in [1.54, 1.807) is 45.4 Å². The summed E-state index contributed by atoms with van der Waals surface area (Å²) in [7, 11) is 0. The first kappa shape index (κ1) is 24.1. The van der Waals surface area contributed by atoms with E-state index in [9.17, 15) is 14.0 Å². The van der Waals surface area contributed by atoms with Gasteiger partial charge in [-0.2, -0.15) is 0 Å². The standard InChI is InChI=1S/C25H28FN3O4S/c26-21-7-5-20(6-8-21)17-29(18-22-3-2-16-34-22)24(30)19-28(25(31)23-4-1-13-33-23)10-9-27-11-14-32-15-12-27/h1-8,13,16H,9-12,14-15,17-19H2. The van der Waals surface area contributed by atoms with Gasteiger partial charge in [-0.05, 0) is 41.3 Å². The molecule has 34 heavy (non-hydrogen) atoms. The number of amides is 2. The van der Waals surface area contributed by atoms with E-state index in [4.69, 9.17) is 9.15 Å². The minimum absolute atomic E-state index is 0.0730. The molecule has 0 saturated carbocycles. The highest BCUT2D eigenvalue weighted by atomic mass is 32.1. The number of thiophene rings is 1. The largest absolute Gasteiger partial charge is 0.459 e. The number of hydrogen-bond donors (Lipinski definition) is 0. The third kappa shape index (κ3) is 6.75. The molecule has 0 bridgehead atoms. The van der Waals surface area contributed by atoms with Gasteiger partial charge >= 0.3 is 0 Å². The molecule has 1 fully saturated rings. The second-order valence-corrected chi connectivity index (χ2v) is 9.15. The first-order chi connectivity index (χ1) is 16.6. The molecule has 0 unspecified atom stereocenters. The van der Waals surface area contributed by atoms with Crippen LogP contribution in [0.25, 0.3) is 0 Å². The first-order valence-corrected chi connectivity index (χ1v) is 12.1. The SMILES string of the molecule is O=C(CN(CCN1CCOCC1)C(=O)c1ccco1)N(Cc1ccc(F)cc1)Cc1cccs1. The van der Waals surface area contributed by atoms with Gasteiger partial charge < -0.3 is 19.0 Å². The van der Waals surface area contributed by atoms with Crippen molar-refractivity contribution in [3.63, 3.8) is 0 Å². The lowest BCUT2D eigenvalue weighted by Crippen LogP contribution is -2.47. The molecule has 0 radical (unpaired) electrons. The van der Waals surface area contributed by atoms with E-state index in [1.807, 2.05) is 17.5 Å². The van der Waals surface area contributed by atoms with Crippen LogP contribution < -0.4 is 0 Å². The third-order valence-corrected chi connectivity index (χ3v) is 6.56. The number of rotatable bonds is 10.